The van der Waals surface area contributed by atoms with Crippen LogP contribution in [0, 0.1) is 0 Å². The minimum absolute atomic E-state index is 0.114. The Balaban J connectivity index is 1.13. The van der Waals surface area contributed by atoms with E-state index in [9.17, 15) is 0 Å². The molecule has 0 saturated heterocycles. The van der Waals surface area contributed by atoms with E-state index < -0.39 is 0 Å². The van der Waals surface area contributed by atoms with Crippen LogP contribution in [0.4, 0.5) is 17.1 Å². The van der Waals surface area contributed by atoms with Crippen LogP contribution < -0.4 is 4.90 Å². The van der Waals surface area contributed by atoms with Gasteiger partial charge in [0.1, 0.15) is 11.2 Å². The van der Waals surface area contributed by atoms with Crippen LogP contribution in [-0.2, 0) is 5.41 Å². The third kappa shape index (κ3) is 4.55. The normalized spacial score (nSPS) is 13.1. The first-order valence-electron chi connectivity index (χ1n) is 18.7. The average Bonchev–Trinajstić information content (AvgIpc) is 3.83. The van der Waals surface area contributed by atoms with Gasteiger partial charge in [-0.15, -0.1) is 0 Å². The van der Waals surface area contributed by atoms with Crippen LogP contribution in [0.3, 0.4) is 0 Å². The second kappa shape index (κ2) is 11.6. The molecular weight excluding hydrogens is 657 g/mol. The molecule has 10 aromatic rings. The summed E-state index contributed by atoms with van der Waals surface area (Å²) in [5.74, 6) is 0. The van der Waals surface area contributed by atoms with Crippen LogP contribution in [0.5, 0.6) is 0 Å². The first-order valence-corrected chi connectivity index (χ1v) is 18.7. The number of nitrogens with zero attached hydrogens (tertiary/aromatic N) is 2. The summed E-state index contributed by atoms with van der Waals surface area (Å²) >= 11 is 0. The molecule has 2 aromatic heterocycles. The lowest BCUT2D eigenvalue weighted by Gasteiger charge is -2.28. The minimum atomic E-state index is -0.114. The molecule has 0 saturated carbocycles. The van der Waals surface area contributed by atoms with Crippen molar-refractivity contribution in [3.63, 3.8) is 0 Å². The summed E-state index contributed by atoms with van der Waals surface area (Å²) in [5.41, 5.74) is 16.2. The van der Waals surface area contributed by atoms with Crippen LogP contribution >= 0.6 is 0 Å². The van der Waals surface area contributed by atoms with Crippen molar-refractivity contribution in [2.45, 2.75) is 19.3 Å². The van der Waals surface area contributed by atoms with Gasteiger partial charge < -0.3 is 13.9 Å². The molecule has 1 aliphatic rings. The number of furan rings is 1. The summed E-state index contributed by atoms with van der Waals surface area (Å²) in [6.07, 6.45) is 0. The Morgan fingerprint density at radius 1 is 0.426 bits per heavy atom. The molecule has 0 unspecified atom stereocenters. The third-order valence-electron chi connectivity index (χ3n) is 11.6. The van der Waals surface area contributed by atoms with Crippen molar-refractivity contribution in [1.29, 1.82) is 0 Å². The fourth-order valence-electron chi connectivity index (χ4n) is 8.94. The lowest BCUT2D eigenvalue weighted by Crippen LogP contribution is -2.16. The van der Waals surface area contributed by atoms with Gasteiger partial charge in [-0.25, -0.2) is 0 Å². The van der Waals surface area contributed by atoms with Crippen molar-refractivity contribution in [3.05, 3.63) is 193 Å². The average molecular weight is 693 g/mol. The number of rotatable bonds is 5. The van der Waals surface area contributed by atoms with Crippen molar-refractivity contribution in [3.8, 4) is 27.9 Å². The van der Waals surface area contributed by atoms with E-state index in [-0.39, 0.29) is 5.41 Å². The molecule has 0 N–H and O–H groups in total. The highest BCUT2D eigenvalue weighted by Gasteiger charge is 2.35. The lowest BCUT2D eigenvalue weighted by atomic mass is 9.82. The van der Waals surface area contributed by atoms with E-state index in [0.29, 0.717) is 0 Å². The number of para-hydroxylation sites is 2. The maximum atomic E-state index is 6.24. The molecule has 3 nitrogen and oxygen atoms in total. The Morgan fingerprint density at radius 3 is 1.93 bits per heavy atom. The molecule has 0 aliphatic heterocycles. The molecule has 3 heteroatoms. The maximum absolute atomic E-state index is 6.24. The predicted octanol–water partition coefficient (Wildman–Crippen LogP) is 14.1. The van der Waals surface area contributed by atoms with E-state index in [4.69, 9.17) is 4.42 Å². The summed E-state index contributed by atoms with van der Waals surface area (Å²) in [6.45, 7) is 4.70. The van der Waals surface area contributed by atoms with Gasteiger partial charge in [-0.1, -0.05) is 129 Å². The highest BCUT2D eigenvalue weighted by Crippen LogP contribution is 2.51. The molecule has 0 bridgehead atoms. The molecule has 1 aliphatic carbocycles. The van der Waals surface area contributed by atoms with E-state index in [1.54, 1.807) is 0 Å². The molecule has 0 radical (unpaired) electrons. The Morgan fingerprint density at radius 2 is 1.06 bits per heavy atom. The van der Waals surface area contributed by atoms with E-state index in [0.717, 1.165) is 50.2 Å². The number of hydrogen-bond donors (Lipinski definition) is 0. The van der Waals surface area contributed by atoms with E-state index in [1.807, 2.05) is 12.1 Å². The van der Waals surface area contributed by atoms with Crippen LogP contribution in [0.15, 0.2) is 186 Å². The summed E-state index contributed by atoms with van der Waals surface area (Å²) < 4.78 is 8.65. The fourth-order valence-corrected chi connectivity index (χ4v) is 8.94. The van der Waals surface area contributed by atoms with E-state index >= 15 is 0 Å². The van der Waals surface area contributed by atoms with Crippen LogP contribution in [-0.4, -0.2) is 4.57 Å². The zero-order chi connectivity index (χ0) is 36.0. The summed E-state index contributed by atoms with van der Waals surface area (Å²) in [5, 5.41) is 4.69. The van der Waals surface area contributed by atoms with Gasteiger partial charge in [0.05, 0.1) is 11.0 Å². The quantitative estimate of drug-likeness (QED) is 0.179. The summed E-state index contributed by atoms with van der Waals surface area (Å²) in [7, 11) is 0. The van der Waals surface area contributed by atoms with Crippen molar-refractivity contribution < 1.29 is 4.42 Å². The molecule has 0 spiro atoms. The highest BCUT2D eigenvalue weighted by molar-refractivity contribution is 6.11. The van der Waals surface area contributed by atoms with Gasteiger partial charge in [-0.2, -0.15) is 0 Å². The molecule has 0 fully saturated rings. The van der Waals surface area contributed by atoms with Gasteiger partial charge in [0.15, 0.2) is 0 Å². The van der Waals surface area contributed by atoms with Gasteiger partial charge >= 0.3 is 0 Å². The second-order valence-corrected chi connectivity index (χ2v) is 15.0. The molecule has 11 rings (SSSR count). The number of anilines is 3. The Hall–Kier alpha value is -6.84. The number of aromatic nitrogens is 1. The van der Waals surface area contributed by atoms with Gasteiger partial charge in [0, 0.05) is 49.7 Å². The summed E-state index contributed by atoms with van der Waals surface area (Å²) in [6, 6.07) is 66.0. The van der Waals surface area contributed by atoms with E-state index in [2.05, 4.69) is 193 Å². The molecule has 8 aromatic carbocycles. The molecule has 54 heavy (non-hydrogen) atoms. The number of fused-ring (bicyclic) bond motifs is 9. The van der Waals surface area contributed by atoms with Crippen LogP contribution in [0.1, 0.15) is 25.0 Å². The maximum Gasteiger partial charge on any atom is 0.135 e. The monoisotopic (exact) mass is 692 g/mol. The SMILES string of the molecule is CC1(C)c2ccccc2-c2ccc(N(c3ccc(-c4ccccc4)cc3)c3ccc4c5ccccc5n(-c5ccc6oc7ccccc7c6c5)c4c3)cc21. The lowest BCUT2D eigenvalue weighted by molar-refractivity contribution is 0.660. The predicted molar refractivity (Wildman–Crippen MR) is 226 cm³/mol. The van der Waals surface area contributed by atoms with Crippen molar-refractivity contribution in [2.24, 2.45) is 0 Å². The first kappa shape index (κ1) is 30.8. The highest BCUT2D eigenvalue weighted by atomic mass is 16.3. The number of hydrogen-bond acceptors (Lipinski definition) is 2. The number of benzene rings is 8. The van der Waals surface area contributed by atoms with Gasteiger partial charge in [-0.3, -0.25) is 0 Å². The Kier molecular flexibility index (Phi) is 6.60. The Bertz CT molecular complexity index is 3070. The molecule has 256 valence electrons. The minimum Gasteiger partial charge on any atom is -0.456 e. The molecule has 0 amide bonds. The zero-order valence-electron chi connectivity index (χ0n) is 30.1. The van der Waals surface area contributed by atoms with Crippen molar-refractivity contribution >= 4 is 60.8 Å². The van der Waals surface area contributed by atoms with Crippen LogP contribution in [0.25, 0.3) is 71.7 Å². The fraction of sp³-hybridized carbons (Fsp3) is 0.0588. The standard InChI is InChI=1S/C51H36N2O/c1-51(2)45-17-9-6-14-39(45)40-27-24-37(31-46(40)51)52(35-22-20-34(21-23-35)33-12-4-3-5-13-33)38-25-28-42-41-15-7-10-18-47(41)53(48(42)32-38)36-26-29-50-44(30-36)43-16-8-11-19-49(43)54-50/h3-32H,1-2H3. The largest absolute Gasteiger partial charge is 0.456 e. The second-order valence-electron chi connectivity index (χ2n) is 15.0. The first-order chi connectivity index (χ1) is 26.5. The molecular formula is C51H36N2O. The van der Waals surface area contributed by atoms with Gasteiger partial charge in [0.2, 0.25) is 0 Å². The summed E-state index contributed by atoms with van der Waals surface area (Å²) in [4.78, 5) is 2.42. The Labute approximate surface area is 314 Å². The zero-order valence-corrected chi connectivity index (χ0v) is 30.1. The van der Waals surface area contributed by atoms with E-state index in [1.165, 1.54) is 49.7 Å². The van der Waals surface area contributed by atoms with Crippen molar-refractivity contribution in [2.75, 3.05) is 4.90 Å². The molecule has 0 atom stereocenters. The topological polar surface area (TPSA) is 21.3 Å². The van der Waals surface area contributed by atoms with Gasteiger partial charge in [0.25, 0.3) is 0 Å². The van der Waals surface area contributed by atoms with Crippen LogP contribution in [0.2, 0.25) is 0 Å². The third-order valence-corrected chi connectivity index (χ3v) is 11.6. The van der Waals surface area contributed by atoms with Crippen molar-refractivity contribution in [1.82, 2.24) is 4.57 Å². The smallest absolute Gasteiger partial charge is 0.135 e. The molecule has 2 heterocycles. The van der Waals surface area contributed by atoms with Gasteiger partial charge in [-0.05, 0) is 100 Å².